The van der Waals surface area contributed by atoms with Crippen LogP contribution in [0.5, 0.6) is 0 Å². The van der Waals surface area contributed by atoms with Crippen LogP contribution in [-0.2, 0) is 24.1 Å². The molecule has 0 spiro atoms. The van der Waals surface area contributed by atoms with Crippen LogP contribution in [0.3, 0.4) is 0 Å². The van der Waals surface area contributed by atoms with Gasteiger partial charge in [-0.05, 0) is 44.9 Å². The van der Waals surface area contributed by atoms with Crippen molar-refractivity contribution in [3.63, 3.8) is 0 Å². The third-order valence-corrected chi connectivity index (χ3v) is 7.06. The summed E-state index contributed by atoms with van der Waals surface area (Å²) >= 11 is 0. The zero-order valence-corrected chi connectivity index (χ0v) is 14.8. The van der Waals surface area contributed by atoms with E-state index in [2.05, 4.69) is 0 Å². The average molecular weight is 337 g/mol. The highest BCUT2D eigenvalue weighted by atomic mass is 32.2. The molecule has 1 aromatic heterocycles. The second kappa shape index (κ2) is 5.49. The van der Waals surface area contributed by atoms with Crippen molar-refractivity contribution in [1.29, 1.82) is 0 Å². The minimum Gasteiger partial charge on any atom is -0.295 e. The van der Waals surface area contributed by atoms with Crippen molar-refractivity contribution in [1.82, 2.24) is 13.4 Å². The van der Waals surface area contributed by atoms with Gasteiger partial charge in [0, 0.05) is 26.2 Å². The normalized spacial score (nSPS) is 23.5. The molecule has 2 heterocycles. The number of fused-ring (bicyclic) bond motifs is 1. The Hall–Kier alpha value is -1.60. The second-order valence-electron chi connectivity index (χ2n) is 6.52. The molecule has 0 bridgehead atoms. The SMILES string of the molecule is C[C@@H]1CCC[C@H](C)N1S(=O)(=O)c1ccc2c(c1)n(C)c(=O)n2C. The van der Waals surface area contributed by atoms with Crippen LogP contribution < -0.4 is 5.69 Å². The number of rotatable bonds is 2. The minimum atomic E-state index is -3.56. The third-order valence-electron chi connectivity index (χ3n) is 4.93. The maximum absolute atomic E-state index is 13.1. The van der Waals surface area contributed by atoms with Gasteiger partial charge in [-0.3, -0.25) is 9.13 Å². The number of aryl methyl sites for hydroxylation is 2. The molecule has 3 rings (SSSR count). The Bertz CT molecular complexity index is 901. The molecule has 1 aliphatic heterocycles. The summed E-state index contributed by atoms with van der Waals surface area (Å²) < 4.78 is 30.8. The van der Waals surface area contributed by atoms with E-state index in [1.807, 2.05) is 13.8 Å². The average Bonchev–Trinajstić information content (AvgIpc) is 2.71. The van der Waals surface area contributed by atoms with Crippen LogP contribution in [0.4, 0.5) is 0 Å². The van der Waals surface area contributed by atoms with Crippen LogP contribution in [-0.4, -0.2) is 33.9 Å². The fourth-order valence-electron chi connectivity index (χ4n) is 3.64. The van der Waals surface area contributed by atoms with Crippen molar-refractivity contribution in [2.24, 2.45) is 14.1 Å². The molecule has 0 aliphatic carbocycles. The topological polar surface area (TPSA) is 64.3 Å². The lowest BCUT2D eigenvalue weighted by molar-refractivity contribution is 0.204. The fraction of sp³-hybridized carbons (Fsp3) is 0.562. The summed E-state index contributed by atoms with van der Waals surface area (Å²) in [6, 6.07) is 4.92. The number of nitrogens with zero attached hydrogens (tertiary/aromatic N) is 3. The van der Waals surface area contributed by atoms with Crippen molar-refractivity contribution in [3.8, 4) is 0 Å². The molecule has 0 saturated carbocycles. The molecule has 0 unspecified atom stereocenters. The van der Waals surface area contributed by atoms with Gasteiger partial charge in [-0.25, -0.2) is 13.2 Å². The molecule has 0 amide bonds. The van der Waals surface area contributed by atoms with Crippen molar-refractivity contribution < 1.29 is 8.42 Å². The highest BCUT2D eigenvalue weighted by molar-refractivity contribution is 7.89. The lowest BCUT2D eigenvalue weighted by atomic mass is 10.0. The molecule has 1 saturated heterocycles. The first kappa shape index (κ1) is 16.3. The van der Waals surface area contributed by atoms with Gasteiger partial charge in [-0.1, -0.05) is 6.42 Å². The molecule has 2 atom stereocenters. The number of piperidine rings is 1. The van der Waals surface area contributed by atoms with Crippen molar-refractivity contribution in [2.75, 3.05) is 0 Å². The van der Waals surface area contributed by atoms with Crippen LogP contribution in [0.2, 0.25) is 0 Å². The van der Waals surface area contributed by atoms with E-state index >= 15 is 0 Å². The first-order valence-electron chi connectivity index (χ1n) is 7.94. The highest BCUT2D eigenvalue weighted by Gasteiger charge is 2.35. The van der Waals surface area contributed by atoms with E-state index in [0.29, 0.717) is 5.52 Å². The minimum absolute atomic E-state index is 0.000889. The Balaban J connectivity index is 2.15. The number of sulfonamides is 1. The van der Waals surface area contributed by atoms with Crippen molar-refractivity contribution in [3.05, 3.63) is 28.7 Å². The molecule has 1 fully saturated rings. The molecule has 0 radical (unpaired) electrons. The maximum atomic E-state index is 13.1. The summed E-state index contributed by atoms with van der Waals surface area (Å²) in [7, 11) is -0.215. The molecule has 6 nitrogen and oxygen atoms in total. The van der Waals surface area contributed by atoms with E-state index in [1.54, 1.807) is 36.6 Å². The van der Waals surface area contributed by atoms with Gasteiger partial charge in [0.25, 0.3) is 0 Å². The maximum Gasteiger partial charge on any atom is 0.328 e. The molecular weight excluding hydrogens is 314 g/mol. The standard InChI is InChI=1S/C16H23N3O3S/c1-11-6-5-7-12(2)19(11)23(21,22)13-8-9-14-15(10-13)18(4)16(20)17(14)3/h8-12H,5-7H2,1-4H3/t11-,12+. The summed E-state index contributed by atoms with van der Waals surface area (Å²) in [5, 5.41) is 0. The second-order valence-corrected chi connectivity index (χ2v) is 8.36. The number of hydrogen-bond acceptors (Lipinski definition) is 3. The summed E-state index contributed by atoms with van der Waals surface area (Å²) in [4.78, 5) is 12.3. The molecule has 1 aromatic carbocycles. The molecule has 2 aromatic rings. The predicted octanol–water partition coefficient (Wildman–Crippen LogP) is 1.83. The Morgan fingerprint density at radius 2 is 1.57 bits per heavy atom. The van der Waals surface area contributed by atoms with Crippen LogP contribution in [0.15, 0.2) is 27.9 Å². The Morgan fingerprint density at radius 3 is 2.17 bits per heavy atom. The number of imidazole rings is 1. The van der Waals surface area contributed by atoms with Gasteiger partial charge in [0.1, 0.15) is 0 Å². The molecule has 23 heavy (non-hydrogen) atoms. The largest absolute Gasteiger partial charge is 0.328 e. The molecule has 7 heteroatoms. The van der Waals surface area contributed by atoms with Gasteiger partial charge in [0.15, 0.2) is 0 Å². The van der Waals surface area contributed by atoms with Gasteiger partial charge in [0.2, 0.25) is 10.0 Å². The van der Waals surface area contributed by atoms with Crippen molar-refractivity contribution >= 4 is 21.1 Å². The van der Waals surface area contributed by atoms with E-state index in [4.69, 9.17) is 0 Å². The fourth-order valence-corrected chi connectivity index (χ4v) is 5.54. The summed E-state index contributed by atoms with van der Waals surface area (Å²) in [6.45, 7) is 3.92. The van der Waals surface area contributed by atoms with Crippen LogP contribution in [0, 0.1) is 0 Å². The summed E-state index contributed by atoms with van der Waals surface area (Å²) in [6.07, 6.45) is 2.83. The van der Waals surface area contributed by atoms with Gasteiger partial charge in [-0.15, -0.1) is 0 Å². The summed E-state index contributed by atoms with van der Waals surface area (Å²) in [5.41, 5.74) is 1.21. The van der Waals surface area contributed by atoms with E-state index in [0.717, 1.165) is 24.8 Å². The lowest BCUT2D eigenvalue weighted by Gasteiger charge is -2.37. The van der Waals surface area contributed by atoms with Gasteiger partial charge in [-0.2, -0.15) is 4.31 Å². The molecule has 126 valence electrons. The zero-order valence-electron chi connectivity index (χ0n) is 14.0. The number of aromatic nitrogens is 2. The van der Waals surface area contributed by atoms with Crippen LogP contribution in [0.1, 0.15) is 33.1 Å². The smallest absolute Gasteiger partial charge is 0.295 e. The quantitative estimate of drug-likeness (QED) is 0.840. The van der Waals surface area contributed by atoms with Crippen molar-refractivity contribution in [2.45, 2.75) is 50.1 Å². The van der Waals surface area contributed by atoms with E-state index < -0.39 is 10.0 Å². The first-order chi connectivity index (χ1) is 10.7. The number of benzene rings is 1. The zero-order chi connectivity index (χ0) is 16.9. The Labute approximate surface area is 136 Å². The number of hydrogen-bond donors (Lipinski definition) is 0. The lowest BCUT2D eigenvalue weighted by Crippen LogP contribution is -2.47. The third kappa shape index (κ3) is 2.42. The monoisotopic (exact) mass is 337 g/mol. The highest BCUT2D eigenvalue weighted by Crippen LogP contribution is 2.30. The van der Waals surface area contributed by atoms with Gasteiger partial charge in [0.05, 0.1) is 15.9 Å². The van der Waals surface area contributed by atoms with E-state index in [9.17, 15) is 13.2 Å². The summed E-state index contributed by atoms with van der Waals surface area (Å²) in [5.74, 6) is 0. The Kier molecular flexibility index (Phi) is 3.88. The van der Waals surface area contributed by atoms with Crippen LogP contribution >= 0.6 is 0 Å². The molecular formula is C16H23N3O3S. The van der Waals surface area contributed by atoms with Crippen LogP contribution in [0.25, 0.3) is 11.0 Å². The van der Waals surface area contributed by atoms with E-state index in [-0.39, 0.29) is 22.7 Å². The van der Waals surface area contributed by atoms with E-state index in [1.165, 1.54) is 9.13 Å². The molecule has 1 aliphatic rings. The Morgan fingerprint density at radius 1 is 1.00 bits per heavy atom. The predicted molar refractivity (Wildman–Crippen MR) is 90.0 cm³/mol. The van der Waals surface area contributed by atoms with Gasteiger partial charge < -0.3 is 0 Å². The van der Waals surface area contributed by atoms with Gasteiger partial charge >= 0.3 is 5.69 Å². The molecule has 0 N–H and O–H groups in total. The first-order valence-corrected chi connectivity index (χ1v) is 9.38.